The van der Waals surface area contributed by atoms with Crippen molar-refractivity contribution in [2.24, 2.45) is 0 Å². The number of hydrogen-bond acceptors (Lipinski definition) is 3. The van der Waals surface area contributed by atoms with Crippen LogP contribution < -0.4 is 4.74 Å². The molecular weight excluding hydrogens is 609 g/mol. The lowest BCUT2D eigenvalue weighted by Gasteiger charge is -2.39. The third-order valence-corrected chi connectivity index (χ3v) is 10.2. The lowest BCUT2D eigenvalue weighted by Crippen LogP contribution is -2.32. The molecule has 1 spiro atoms. The van der Waals surface area contributed by atoms with Gasteiger partial charge >= 0.3 is 0 Å². The van der Waals surface area contributed by atoms with E-state index in [-0.39, 0.29) is 0 Å². The van der Waals surface area contributed by atoms with E-state index in [9.17, 15) is 0 Å². The molecule has 0 bridgehead atoms. The van der Waals surface area contributed by atoms with Gasteiger partial charge in [-0.25, -0.2) is 9.97 Å². The monoisotopic (exact) mass is 638 g/mol. The normalized spacial score (nSPS) is 13.1. The molecule has 1 aromatic heterocycles. The molecule has 0 fully saturated rings. The first-order chi connectivity index (χ1) is 24.8. The maximum atomic E-state index is 6.82. The Bertz CT molecular complexity index is 2470. The van der Waals surface area contributed by atoms with E-state index in [0.29, 0.717) is 5.82 Å². The summed E-state index contributed by atoms with van der Waals surface area (Å²) >= 11 is 0. The van der Waals surface area contributed by atoms with Crippen LogP contribution in [0.2, 0.25) is 0 Å². The summed E-state index contributed by atoms with van der Waals surface area (Å²) in [5, 5.41) is 0. The summed E-state index contributed by atoms with van der Waals surface area (Å²) in [4.78, 5) is 10.3. The first kappa shape index (κ1) is 28.4. The molecule has 2 aliphatic rings. The number of nitrogens with zero attached hydrogens (tertiary/aromatic N) is 2. The highest BCUT2D eigenvalue weighted by Gasteiger charge is 2.50. The topological polar surface area (TPSA) is 35.0 Å². The van der Waals surface area contributed by atoms with Crippen LogP contribution in [0.15, 0.2) is 182 Å². The summed E-state index contributed by atoms with van der Waals surface area (Å²) < 4.78 is 6.82. The van der Waals surface area contributed by atoms with Crippen molar-refractivity contribution in [2.45, 2.75) is 5.41 Å². The van der Waals surface area contributed by atoms with Crippen LogP contribution in [0.4, 0.5) is 0 Å². The second-order valence-electron chi connectivity index (χ2n) is 12.9. The molecule has 50 heavy (non-hydrogen) atoms. The molecule has 0 saturated heterocycles. The molecule has 0 amide bonds. The Balaban J connectivity index is 1.18. The van der Waals surface area contributed by atoms with E-state index < -0.39 is 5.41 Å². The van der Waals surface area contributed by atoms with Crippen LogP contribution in [-0.2, 0) is 5.41 Å². The van der Waals surface area contributed by atoms with Crippen LogP contribution >= 0.6 is 0 Å². The van der Waals surface area contributed by atoms with Gasteiger partial charge in [-0.05, 0) is 51.6 Å². The fourth-order valence-electron chi connectivity index (χ4n) is 8.04. The Hall–Kier alpha value is -6.58. The molecule has 10 rings (SSSR count). The van der Waals surface area contributed by atoms with Crippen molar-refractivity contribution in [1.82, 2.24) is 9.97 Å². The number of fused-ring (bicyclic) bond motifs is 9. The summed E-state index contributed by atoms with van der Waals surface area (Å²) in [6.45, 7) is 0. The minimum atomic E-state index is -0.493. The maximum absolute atomic E-state index is 6.82. The van der Waals surface area contributed by atoms with Crippen LogP contribution in [0.1, 0.15) is 22.3 Å². The Morgan fingerprint density at radius 2 is 0.820 bits per heavy atom. The molecule has 7 aromatic carbocycles. The average Bonchev–Trinajstić information content (AvgIpc) is 3.49. The second-order valence-corrected chi connectivity index (χ2v) is 12.9. The van der Waals surface area contributed by atoms with Gasteiger partial charge in [0.1, 0.15) is 11.5 Å². The van der Waals surface area contributed by atoms with Gasteiger partial charge in [-0.2, -0.15) is 0 Å². The predicted molar refractivity (Wildman–Crippen MR) is 201 cm³/mol. The number of aromatic nitrogens is 2. The summed E-state index contributed by atoms with van der Waals surface area (Å²) in [6, 6.07) is 64.0. The van der Waals surface area contributed by atoms with Gasteiger partial charge in [-0.15, -0.1) is 0 Å². The smallest absolute Gasteiger partial charge is 0.161 e. The highest BCUT2D eigenvalue weighted by Crippen LogP contribution is 2.62. The standard InChI is InChI=1S/C47H30N2O/c1-3-15-31(16-4-1)42-30-43(32-17-5-2-6-18-32)49-46(48-42)37-22-8-7-19-34(37)33-27-28-41-45(29-33)50-44-26-14-13-25-40(44)47(41)38-23-11-9-20-35(38)36-21-10-12-24-39(36)47/h1-30H. The summed E-state index contributed by atoms with van der Waals surface area (Å²) in [5.74, 6) is 2.41. The zero-order valence-electron chi connectivity index (χ0n) is 27.1. The van der Waals surface area contributed by atoms with Crippen LogP contribution in [0, 0.1) is 0 Å². The van der Waals surface area contributed by atoms with E-state index in [1.54, 1.807) is 0 Å². The van der Waals surface area contributed by atoms with Crippen LogP contribution in [0.3, 0.4) is 0 Å². The lowest BCUT2D eigenvalue weighted by molar-refractivity contribution is 0.436. The van der Waals surface area contributed by atoms with Crippen molar-refractivity contribution in [3.8, 4) is 67.7 Å². The van der Waals surface area contributed by atoms with E-state index >= 15 is 0 Å². The summed E-state index contributed by atoms with van der Waals surface area (Å²) in [5.41, 5.74) is 13.8. The van der Waals surface area contributed by atoms with Crippen LogP contribution in [-0.4, -0.2) is 9.97 Å². The van der Waals surface area contributed by atoms with E-state index in [2.05, 4.69) is 146 Å². The third kappa shape index (κ3) is 4.23. The molecule has 1 aliphatic carbocycles. The number of para-hydroxylation sites is 1. The van der Waals surface area contributed by atoms with Gasteiger partial charge in [-0.3, -0.25) is 0 Å². The van der Waals surface area contributed by atoms with Crippen molar-refractivity contribution < 1.29 is 4.74 Å². The Labute approximate surface area is 291 Å². The highest BCUT2D eigenvalue weighted by atomic mass is 16.5. The van der Waals surface area contributed by atoms with Gasteiger partial charge in [0.2, 0.25) is 0 Å². The quantitative estimate of drug-likeness (QED) is 0.192. The third-order valence-electron chi connectivity index (χ3n) is 10.2. The summed E-state index contributed by atoms with van der Waals surface area (Å²) in [7, 11) is 0. The van der Waals surface area contributed by atoms with Gasteiger partial charge in [0.15, 0.2) is 5.82 Å². The van der Waals surface area contributed by atoms with Crippen molar-refractivity contribution in [3.05, 3.63) is 204 Å². The van der Waals surface area contributed by atoms with E-state index in [1.165, 1.54) is 22.3 Å². The number of hydrogen-bond donors (Lipinski definition) is 0. The minimum Gasteiger partial charge on any atom is -0.457 e. The molecule has 3 heteroatoms. The predicted octanol–water partition coefficient (Wildman–Crippen LogP) is 11.6. The van der Waals surface area contributed by atoms with Crippen molar-refractivity contribution in [3.63, 3.8) is 0 Å². The fourth-order valence-corrected chi connectivity index (χ4v) is 8.04. The van der Waals surface area contributed by atoms with Crippen LogP contribution in [0.25, 0.3) is 56.2 Å². The Morgan fingerprint density at radius 3 is 1.44 bits per heavy atom. The van der Waals surface area contributed by atoms with E-state index in [1.807, 2.05) is 36.4 Å². The van der Waals surface area contributed by atoms with Crippen LogP contribution in [0.5, 0.6) is 11.5 Å². The molecule has 0 saturated carbocycles. The van der Waals surface area contributed by atoms with E-state index in [4.69, 9.17) is 14.7 Å². The molecule has 0 N–H and O–H groups in total. The largest absolute Gasteiger partial charge is 0.457 e. The van der Waals surface area contributed by atoms with Crippen molar-refractivity contribution >= 4 is 0 Å². The van der Waals surface area contributed by atoms with Crippen molar-refractivity contribution in [2.75, 3.05) is 0 Å². The minimum absolute atomic E-state index is 0.493. The summed E-state index contributed by atoms with van der Waals surface area (Å²) in [6.07, 6.45) is 0. The average molecular weight is 639 g/mol. The Kier molecular flexibility index (Phi) is 6.40. The Morgan fingerprint density at radius 1 is 0.340 bits per heavy atom. The molecule has 0 unspecified atom stereocenters. The zero-order chi connectivity index (χ0) is 33.1. The van der Waals surface area contributed by atoms with Gasteiger partial charge in [0, 0.05) is 27.8 Å². The molecule has 2 heterocycles. The van der Waals surface area contributed by atoms with E-state index in [0.717, 1.165) is 61.8 Å². The molecule has 0 radical (unpaired) electrons. The van der Waals surface area contributed by atoms with Gasteiger partial charge < -0.3 is 4.74 Å². The molecule has 1 aliphatic heterocycles. The highest BCUT2D eigenvalue weighted by molar-refractivity contribution is 5.90. The first-order valence-electron chi connectivity index (χ1n) is 17.0. The number of rotatable bonds is 4. The van der Waals surface area contributed by atoms with Gasteiger partial charge in [0.05, 0.1) is 16.8 Å². The molecule has 8 aromatic rings. The number of benzene rings is 7. The lowest BCUT2D eigenvalue weighted by atomic mass is 9.66. The molecule has 0 atom stereocenters. The maximum Gasteiger partial charge on any atom is 0.161 e. The molecule has 234 valence electrons. The molecule has 3 nitrogen and oxygen atoms in total. The fraction of sp³-hybridized carbons (Fsp3) is 0.0213. The van der Waals surface area contributed by atoms with Gasteiger partial charge in [-0.1, -0.05) is 164 Å². The second kappa shape index (κ2) is 11.3. The first-order valence-corrected chi connectivity index (χ1v) is 17.0. The number of ether oxygens (including phenoxy) is 1. The zero-order valence-corrected chi connectivity index (χ0v) is 27.1. The van der Waals surface area contributed by atoms with Crippen molar-refractivity contribution in [1.29, 1.82) is 0 Å². The van der Waals surface area contributed by atoms with Gasteiger partial charge in [0.25, 0.3) is 0 Å². The molecular formula is C47H30N2O. The SMILES string of the molecule is c1ccc(-c2cc(-c3ccccc3)nc(-c3ccccc3-c3ccc4c(c3)Oc3ccccc3C43c4ccccc4-c4ccccc43)n2)cc1.